The molecule has 0 aromatic rings. The second kappa shape index (κ2) is 8.94. The predicted octanol–water partition coefficient (Wildman–Crippen LogP) is 1.84. The molecule has 2 heterocycles. The molecule has 2 saturated heterocycles. The number of esters is 1. The number of carbonyl (C=O) groups excluding carboxylic acids is 1. The van der Waals surface area contributed by atoms with Gasteiger partial charge in [0.2, 0.25) is 0 Å². The van der Waals surface area contributed by atoms with Crippen molar-refractivity contribution in [3.05, 3.63) is 11.8 Å². The number of hydrogen-bond donors (Lipinski definition) is 0. The zero-order valence-corrected chi connectivity index (χ0v) is 15.5. The number of ether oxygens (including phenoxy) is 2. The maximum Gasteiger partial charge on any atom is 0.332 e. The van der Waals surface area contributed by atoms with E-state index in [0.29, 0.717) is 6.61 Å². The maximum atomic E-state index is 12.2. The quantitative estimate of drug-likeness (QED) is 0.561. The fraction of sp³-hybridized carbons (Fsp3) is 0.824. The largest absolute Gasteiger partial charge is 0.461 e. The van der Waals surface area contributed by atoms with Crippen LogP contribution in [-0.2, 0) is 14.3 Å². The molecule has 0 N–H and O–H groups in total. The number of nitrogens with zero attached hydrogens (tertiary/aromatic N) is 2. The molecule has 0 aromatic carbocycles. The van der Waals surface area contributed by atoms with Crippen molar-refractivity contribution in [1.29, 1.82) is 0 Å². The third-order valence-electron chi connectivity index (χ3n) is 4.13. The molecule has 0 radical (unpaired) electrons. The van der Waals surface area contributed by atoms with Gasteiger partial charge >= 0.3 is 5.97 Å². The first-order valence-corrected chi connectivity index (χ1v) is 9.64. The van der Waals surface area contributed by atoms with Gasteiger partial charge in [0.1, 0.15) is 6.61 Å². The molecule has 0 aromatic heterocycles. The van der Waals surface area contributed by atoms with E-state index in [2.05, 4.69) is 30.6 Å². The van der Waals surface area contributed by atoms with Crippen LogP contribution in [0.3, 0.4) is 0 Å². The summed E-state index contributed by atoms with van der Waals surface area (Å²) >= 11 is 1.99. The highest BCUT2D eigenvalue weighted by molar-refractivity contribution is 7.99. The molecule has 6 heteroatoms. The summed E-state index contributed by atoms with van der Waals surface area (Å²) in [5, 5.41) is 0. The van der Waals surface area contributed by atoms with Crippen LogP contribution in [0, 0.1) is 5.41 Å². The fourth-order valence-corrected chi connectivity index (χ4v) is 3.82. The lowest BCUT2D eigenvalue weighted by molar-refractivity contribution is -0.138. The van der Waals surface area contributed by atoms with Gasteiger partial charge in [-0.15, -0.1) is 0 Å². The minimum atomic E-state index is -0.229. The molecule has 2 rings (SSSR count). The van der Waals surface area contributed by atoms with Crippen LogP contribution in [0.1, 0.15) is 20.8 Å². The Morgan fingerprint density at radius 1 is 1.17 bits per heavy atom. The molecule has 0 atom stereocenters. The molecule has 0 amide bonds. The zero-order valence-electron chi connectivity index (χ0n) is 14.7. The summed E-state index contributed by atoms with van der Waals surface area (Å²) < 4.78 is 10.8. The highest BCUT2D eigenvalue weighted by atomic mass is 32.2. The summed E-state index contributed by atoms with van der Waals surface area (Å²) in [4.78, 5) is 16.8. The Bertz CT molecular complexity index is 409. The standard InChI is InChI=1S/C17H30N2O3S/c1-17(2,3)15(19-5-9-21-10-6-19)14-16(20)22-11-4-18-7-12-23-13-8-18/h14H,4-13H2,1-3H3/b15-14-. The summed E-state index contributed by atoms with van der Waals surface area (Å²) in [6.07, 6.45) is 1.68. The van der Waals surface area contributed by atoms with E-state index in [1.54, 1.807) is 6.08 Å². The monoisotopic (exact) mass is 342 g/mol. The highest BCUT2D eigenvalue weighted by Gasteiger charge is 2.25. The third-order valence-corrected chi connectivity index (χ3v) is 5.07. The Morgan fingerprint density at radius 3 is 2.43 bits per heavy atom. The lowest BCUT2D eigenvalue weighted by Gasteiger charge is -2.37. The first-order chi connectivity index (χ1) is 11.0. The van der Waals surface area contributed by atoms with E-state index in [1.165, 1.54) is 11.5 Å². The van der Waals surface area contributed by atoms with E-state index in [4.69, 9.17) is 9.47 Å². The van der Waals surface area contributed by atoms with E-state index in [9.17, 15) is 4.79 Å². The molecule has 2 aliphatic heterocycles. The van der Waals surface area contributed by atoms with E-state index in [-0.39, 0.29) is 11.4 Å². The molecule has 2 fully saturated rings. The summed E-state index contributed by atoms with van der Waals surface area (Å²) in [6.45, 7) is 13.0. The Labute approximate surface area is 144 Å². The summed E-state index contributed by atoms with van der Waals surface area (Å²) in [6, 6.07) is 0. The van der Waals surface area contributed by atoms with Crippen molar-refractivity contribution < 1.29 is 14.3 Å². The van der Waals surface area contributed by atoms with Crippen LogP contribution in [0.25, 0.3) is 0 Å². The lowest BCUT2D eigenvalue weighted by Crippen LogP contribution is -2.40. The van der Waals surface area contributed by atoms with E-state index >= 15 is 0 Å². The SMILES string of the molecule is CC(C)(C)/C(=C/C(=O)OCCN1CCSCC1)N1CCOCC1. The van der Waals surface area contributed by atoms with Crippen molar-refractivity contribution in [2.24, 2.45) is 5.41 Å². The highest BCUT2D eigenvalue weighted by Crippen LogP contribution is 2.29. The van der Waals surface area contributed by atoms with Crippen molar-refractivity contribution in [2.75, 3.05) is 64.1 Å². The second-order valence-electron chi connectivity index (χ2n) is 7.00. The first-order valence-electron chi connectivity index (χ1n) is 8.48. The molecule has 5 nitrogen and oxygen atoms in total. The summed E-state index contributed by atoms with van der Waals surface area (Å²) in [5.41, 5.74) is 0.959. The average Bonchev–Trinajstić information content (AvgIpc) is 2.53. The molecule has 23 heavy (non-hydrogen) atoms. The van der Waals surface area contributed by atoms with Crippen LogP contribution in [0.15, 0.2) is 11.8 Å². The molecule has 132 valence electrons. The molecule has 0 bridgehead atoms. The number of hydrogen-bond acceptors (Lipinski definition) is 6. The van der Waals surface area contributed by atoms with Crippen LogP contribution in [0.4, 0.5) is 0 Å². The molecule has 2 aliphatic rings. The van der Waals surface area contributed by atoms with Crippen molar-refractivity contribution in [2.45, 2.75) is 20.8 Å². The fourth-order valence-electron chi connectivity index (χ4n) is 2.84. The second-order valence-corrected chi connectivity index (χ2v) is 8.23. The lowest BCUT2D eigenvalue weighted by atomic mass is 9.90. The van der Waals surface area contributed by atoms with Crippen LogP contribution < -0.4 is 0 Å². The Morgan fingerprint density at radius 2 is 1.83 bits per heavy atom. The van der Waals surface area contributed by atoms with Gasteiger partial charge in [0.05, 0.1) is 13.2 Å². The summed E-state index contributed by atoms with van der Waals surface area (Å²) in [7, 11) is 0. The molecule has 0 unspecified atom stereocenters. The van der Waals surface area contributed by atoms with E-state index in [0.717, 1.165) is 51.6 Å². The van der Waals surface area contributed by atoms with Crippen molar-refractivity contribution in [3.63, 3.8) is 0 Å². The van der Waals surface area contributed by atoms with Crippen molar-refractivity contribution in [1.82, 2.24) is 9.80 Å². The Hall–Kier alpha value is -0.720. The van der Waals surface area contributed by atoms with E-state index in [1.807, 2.05) is 11.8 Å². The van der Waals surface area contributed by atoms with Gasteiger partial charge < -0.3 is 14.4 Å². The maximum absolute atomic E-state index is 12.2. The number of rotatable bonds is 5. The summed E-state index contributed by atoms with van der Waals surface area (Å²) in [5.74, 6) is 2.13. The third kappa shape index (κ3) is 6.36. The predicted molar refractivity (Wildman–Crippen MR) is 94.7 cm³/mol. The molecule has 0 spiro atoms. The van der Waals surface area contributed by atoms with Crippen LogP contribution in [-0.4, -0.2) is 79.8 Å². The van der Waals surface area contributed by atoms with Gasteiger partial charge in [0.15, 0.2) is 0 Å². The van der Waals surface area contributed by atoms with Gasteiger partial charge in [0, 0.05) is 61.4 Å². The smallest absolute Gasteiger partial charge is 0.332 e. The first kappa shape index (κ1) is 18.6. The minimum Gasteiger partial charge on any atom is -0.461 e. The van der Waals surface area contributed by atoms with Gasteiger partial charge in [-0.25, -0.2) is 4.79 Å². The Balaban J connectivity index is 1.85. The minimum absolute atomic E-state index is 0.0829. The van der Waals surface area contributed by atoms with Crippen LogP contribution in [0.2, 0.25) is 0 Å². The van der Waals surface area contributed by atoms with Crippen molar-refractivity contribution >= 4 is 17.7 Å². The zero-order chi connectivity index (χ0) is 16.7. The van der Waals surface area contributed by atoms with Gasteiger partial charge in [-0.05, 0) is 0 Å². The van der Waals surface area contributed by atoms with Gasteiger partial charge in [-0.2, -0.15) is 11.8 Å². The molecular formula is C17H30N2O3S. The molecular weight excluding hydrogens is 312 g/mol. The van der Waals surface area contributed by atoms with Gasteiger partial charge in [-0.3, -0.25) is 4.90 Å². The number of carbonyl (C=O) groups is 1. The number of allylic oxidation sites excluding steroid dienone is 1. The number of morpholine rings is 1. The van der Waals surface area contributed by atoms with E-state index < -0.39 is 0 Å². The molecule has 0 saturated carbocycles. The van der Waals surface area contributed by atoms with Gasteiger partial charge in [-0.1, -0.05) is 20.8 Å². The molecule has 0 aliphatic carbocycles. The van der Waals surface area contributed by atoms with Crippen LogP contribution in [0.5, 0.6) is 0 Å². The number of thioether (sulfide) groups is 1. The Kier molecular flexibility index (Phi) is 7.24. The normalized spacial score (nSPS) is 21.3. The van der Waals surface area contributed by atoms with Gasteiger partial charge in [0.25, 0.3) is 0 Å². The topological polar surface area (TPSA) is 42.0 Å². The average molecular weight is 343 g/mol. The van der Waals surface area contributed by atoms with Crippen LogP contribution >= 0.6 is 11.8 Å². The van der Waals surface area contributed by atoms with Crippen molar-refractivity contribution in [3.8, 4) is 0 Å².